The Hall–Kier alpha value is -3.28. The van der Waals surface area contributed by atoms with Crippen LogP contribution in [0.25, 0.3) is 11.3 Å². The topological polar surface area (TPSA) is 87.2 Å². The Morgan fingerprint density at radius 3 is 2.64 bits per heavy atom. The number of hydrogen-bond donors (Lipinski definition) is 3. The van der Waals surface area contributed by atoms with E-state index in [1.54, 1.807) is 25.3 Å². The van der Waals surface area contributed by atoms with Gasteiger partial charge in [-0.2, -0.15) is 5.10 Å². The maximum Gasteiger partial charge on any atom is 0.269 e. The second kappa shape index (κ2) is 7.09. The summed E-state index contributed by atoms with van der Waals surface area (Å²) in [5, 5.41) is 19.7. The van der Waals surface area contributed by atoms with Crippen LogP contribution in [0.2, 0.25) is 0 Å². The predicted molar refractivity (Wildman–Crippen MR) is 94.6 cm³/mol. The average molecular weight is 337 g/mol. The van der Waals surface area contributed by atoms with Gasteiger partial charge >= 0.3 is 0 Å². The highest BCUT2D eigenvalue weighted by Gasteiger charge is 2.13. The van der Waals surface area contributed by atoms with Crippen LogP contribution in [-0.2, 0) is 6.54 Å². The largest absolute Gasteiger partial charge is 0.507 e. The summed E-state index contributed by atoms with van der Waals surface area (Å²) in [6.07, 6.45) is 0. The monoisotopic (exact) mass is 337 g/mol. The highest BCUT2D eigenvalue weighted by Crippen LogP contribution is 2.28. The van der Waals surface area contributed by atoms with Crippen LogP contribution in [-0.4, -0.2) is 28.3 Å². The van der Waals surface area contributed by atoms with Gasteiger partial charge in [-0.3, -0.25) is 9.89 Å². The fourth-order valence-corrected chi connectivity index (χ4v) is 2.46. The number of methoxy groups -OCH3 is 1. The molecule has 0 bridgehead atoms. The van der Waals surface area contributed by atoms with E-state index in [0.717, 1.165) is 16.9 Å². The number of aromatic hydroxyl groups is 1. The maximum absolute atomic E-state index is 12.3. The van der Waals surface area contributed by atoms with Crippen molar-refractivity contribution in [3.05, 3.63) is 65.4 Å². The van der Waals surface area contributed by atoms with E-state index >= 15 is 0 Å². The Morgan fingerprint density at radius 2 is 1.96 bits per heavy atom. The number of aryl methyl sites for hydroxylation is 1. The molecule has 0 aliphatic heterocycles. The minimum absolute atomic E-state index is 0.136. The van der Waals surface area contributed by atoms with Gasteiger partial charge in [0.2, 0.25) is 0 Å². The van der Waals surface area contributed by atoms with Crippen molar-refractivity contribution in [1.29, 1.82) is 0 Å². The number of carbonyl (C=O) groups is 1. The molecule has 3 N–H and O–H groups in total. The summed E-state index contributed by atoms with van der Waals surface area (Å²) in [5.41, 5.74) is 3.35. The minimum atomic E-state index is -0.263. The van der Waals surface area contributed by atoms with Crippen LogP contribution >= 0.6 is 0 Å². The normalized spacial score (nSPS) is 10.5. The summed E-state index contributed by atoms with van der Waals surface area (Å²) in [5.74, 6) is 0.643. The average Bonchev–Trinajstić information content (AvgIpc) is 3.10. The van der Waals surface area contributed by atoms with Gasteiger partial charge < -0.3 is 15.2 Å². The molecule has 0 aliphatic carbocycles. The van der Waals surface area contributed by atoms with E-state index in [9.17, 15) is 9.90 Å². The van der Waals surface area contributed by atoms with Gasteiger partial charge in [-0.1, -0.05) is 18.2 Å². The second-order valence-corrected chi connectivity index (χ2v) is 5.72. The zero-order valence-corrected chi connectivity index (χ0v) is 14.0. The van der Waals surface area contributed by atoms with Crippen molar-refractivity contribution in [3.8, 4) is 22.8 Å². The third-order valence-corrected chi connectivity index (χ3v) is 3.86. The highest BCUT2D eigenvalue weighted by molar-refractivity contribution is 5.93. The molecule has 6 heteroatoms. The fraction of sp³-hybridized carbons (Fsp3) is 0.158. The molecule has 25 heavy (non-hydrogen) atoms. The summed E-state index contributed by atoms with van der Waals surface area (Å²) in [4.78, 5) is 12.3. The first-order valence-electron chi connectivity index (χ1n) is 7.83. The van der Waals surface area contributed by atoms with Crippen molar-refractivity contribution in [2.24, 2.45) is 0 Å². The molecular weight excluding hydrogens is 318 g/mol. The van der Waals surface area contributed by atoms with Crippen LogP contribution in [0.3, 0.4) is 0 Å². The van der Waals surface area contributed by atoms with Crippen molar-refractivity contribution >= 4 is 5.91 Å². The van der Waals surface area contributed by atoms with Crippen LogP contribution in [0.4, 0.5) is 0 Å². The first kappa shape index (κ1) is 16.6. The molecule has 128 valence electrons. The number of amides is 1. The minimum Gasteiger partial charge on any atom is -0.507 e. The molecule has 1 amide bonds. The predicted octanol–water partition coefficient (Wildman–Crippen LogP) is 3.03. The number of rotatable bonds is 5. The number of phenols is 1. The molecule has 0 saturated carbocycles. The Morgan fingerprint density at radius 1 is 1.20 bits per heavy atom. The van der Waals surface area contributed by atoms with E-state index in [1.165, 1.54) is 0 Å². The molecule has 0 fully saturated rings. The molecule has 0 unspecified atom stereocenters. The molecule has 0 spiro atoms. The molecule has 2 aromatic carbocycles. The van der Waals surface area contributed by atoms with E-state index in [-0.39, 0.29) is 11.7 Å². The zero-order valence-electron chi connectivity index (χ0n) is 14.0. The molecule has 0 saturated heterocycles. The molecule has 1 aromatic heterocycles. The molecular formula is C19H19N3O3. The summed E-state index contributed by atoms with van der Waals surface area (Å²) in [6, 6.07) is 14.4. The molecule has 6 nitrogen and oxygen atoms in total. The lowest BCUT2D eigenvalue weighted by atomic mass is 10.1. The number of H-pyrrole nitrogens is 1. The van der Waals surface area contributed by atoms with Crippen molar-refractivity contribution in [2.45, 2.75) is 13.5 Å². The smallest absolute Gasteiger partial charge is 0.269 e. The van der Waals surface area contributed by atoms with Gasteiger partial charge in [0.05, 0.1) is 12.8 Å². The number of aromatic nitrogens is 2. The zero-order chi connectivity index (χ0) is 17.8. The SMILES string of the molecule is COc1ccc(CNC(=O)c2cc(-c3ccc(C)cc3O)n[nH]2)cc1. The fourth-order valence-electron chi connectivity index (χ4n) is 2.46. The Balaban J connectivity index is 1.67. The summed E-state index contributed by atoms with van der Waals surface area (Å²) in [6.45, 7) is 2.29. The standard InChI is InChI=1S/C19H19N3O3/c1-12-3-8-15(18(23)9-12)16-10-17(22-21-16)19(24)20-11-13-4-6-14(25-2)7-5-13/h3-10,23H,11H2,1-2H3,(H,20,24)(H,21,22). The molecule has 1 heterocycles. The number of carbonyl (C=O) groups excluding carboxylic acids is 1. The van der Waals surface area contributed by atoms with Gasteiger partial charge in [0.1, 0.15) is 17.2 Å². The van der Waals surface area contributed by atoms with Crippen LogP contribution < -0.4 is 10.1 Å². The summed E-state index contributed by atoms with van der Waals surface area (Å²) >= 11 is 0. The third kappa shape index (κ3) is 3.80. The van der Waals surface area contributed by atoms with Crippen LogP contribution in [0, 0.1) is 6.92 Å². The molecule has 0 radical (unpaired) electrons. The number of ether oxygens (including phenoxy) is 1. The maximum atomic E-state index is 12.3. The number of nitrogens with zero attached hydrogens (tertiary/aromatic N) is 1. The number of hydrogen-bond acceptors (Lipinski definition) is 4. The van der Waals surface area contributed by atoms with Gasteiger partial charge in [0.15, 0.2) is 0 Å². The lowest BCUT2D eigenvalue weighted by Gasteiger charge is -2.05. The van der Waals surface area contributed by atoms with Gasteiger partial charge in [-0.15, -0.1) is 0 Å². The highest BCUT2D eigenvalue weighted by atomic mass is 16.5. The van der Waals surface area contributed by atoms with Gasteiger partial charge in [0, 0.05) is 12.1 Å². The van der Waals surface area contributed by atoms with E-state index < -0.39 is 0 Å². The first-order valence-corrected chi connectivity index (χ1v) is 7.83. The Labute approximate surface area is 145 Å². The number of aromatic amines is 1. The number of benzene rings is 2. The Bertz CT molecular complexity index is 885. The first-order chi connectivity index (χ1) is 12.1. The molecule has 3 rings (SSSR count). The molecule has 3 aromatic rings. The number of phenolic OH excluding ortho intramolecular Hbond substituents is 1. The lowest BCUT2D eigenvalue weighted by molar-refractivity contribution is 0.0946. The molecule has 0 aliphatic rings. The van der Waals surface area contributed by atoms with Crippen LogP contribution in [0.1, 0.15) is 21.6 Å². The van der Waals surface area contributed by atoms with Crippen LogP contribution in [0.15, 0.2) is 48.5 Å². The van der Waals surface area contributed by atoms with E-state index in [1.807, 2.05) is 37.3 Å². The van der Waals surface area contributed by atoms with E-state index in [4.69, 9.17) is 4.74 Å². The van der Waals surface area contributed by atoms with Crippen molar-refractivity contribution in [1.82, 2.24) is 15.5 Å². The van der Waals surface area contributed by atoms with Crippen molar-refractivity contribution < 1.29 is 14.6 Å². The van der Waals surface area contributed by atoms with Crippen LogP contribution in [0.5, 0.6) is 11.5 Å². The quantitative estimate of drug-likeness (QED) is 0.668. The van der Waals surface area contributed by atoms with Gasteiger partial charge in [-0.05, 0) is 48.4 Å². The van der Waals surface area contributed by atoms with Gasteiger partial charge in [0.25, 0.3) is 5.91 Å². The molecule has 0 atom stereocenters. The van der Waals surface area contributed by atoms with Gasteiger partial charge in [-0.25, -0.2) is 0 Å². The Kier molecular flexibility index (Phi) is 4.70. The van der Waals surface area contributed by atoms with Crippen molar-refractivity contribution in [3.63, 3.8) is 0 Å². The summed E-state index contributed by atoms with van der Waals surface area (Å²) < 4.78 is 5.10. The number of nitrogens with one attached hydrogen (secondary N) is 2. The second-order valence-electron chi connectivity index (χ2n) is 5.72. The van der Waals surface area contributed by atoms with E-state index in [2.05, 4.69) is 15.5 Å². The lowest BCUT2D eigenvalue weighted by Crippen LogP contribution is -2.23. The van der Waals surface area contributed by atoms with E-state index in [0.29, 0.717) is 23.5 Å². The van der Waals surface area contributed by atoms with Crippen molar-refractivity contribution in [2.75, 3.05) is 7.11 Å². The summed E-state index contributed by atoms with van der Waals surface area (Å²) in [7, 11) is 1.61. The third-order valence-electron chi connectivity index (χ3n) is 3.86.